The van der Waals surface area contributed by atoms with E-state index in [1.54, 1.807) is 36.4 Å². The molecule has 0 aliphatic heterocycles. The fraction of sp³-hybridized carbons (Fsp3) is 0.133. The third kappa shape index (κ3) is 3.07. The molecule has 0 aromatic heterocycles. The predicted molar refractivity (Wildman–Crippen MR) is 76.1 cm³/mol. The van der Waals surface area contributed by atoms with Crippen LogP contribution in [0.3, 0.4) is 0 Å². The Morgan fingerprint density at radius 1 is 1.15 bits per heavy atom. The quantitative estimate of drug-likeness (QED) is 0.345. The van der Waals surface area contributed by atoms with Gasteiger partial charge in [-0.05, 0) is 48.4 Å². The van der Waals surface area contributed by atoms with Gasteiger partial charge in [-0.1, -0.05) is 17.3 Å². The SMILES string of the molecule is Cc1cc(Oc2ccc(CO)cc2)ccc1/C(N)=N/O. The number of oxime groups is 1. The maximum atomic E-state index is 8.98. The summed E-state index contributed by atoms with van der Waals surface area (Å²) in [5.41, 5.74) is 7.91. The van der Waals surface area contributed by atoms with Crippen LogP contribution in [0.4, 0.5) is 0 Å². The molecule has 0 spiro atoms. The molecular formula is C15H16N2O3. The molecule has 0 aliphatic carbocycles. The number of nitrogens with two attached hydrogens (primary N) is 1. The van der Waals surface area contributed by atoms with Crippen molar-refractivity contribution in [3.05, 3.63) is 59.2 Å². The summed E-state index contributed by atoms with van der Waals surface area (Å²) in [4.78, 5) is 0. The molecular weight excluding hydrogens is 256 g/mol. The standard InChI is InChI=1S/C15H16N2O3/c1-10-8-13(6-7-14(10)15(16)17-19)20-12-4-2-11(9-18)3-5-12/h2-8,18-19H,9H2,1H3,(H2,16,17). The molecule has 104 valence electrons. The number of hydrogen-bond donors (Lipinski definition) is 3. The zero-order valence-electron chi connectivity index (χ0n) is 11.1. The van der Waals surface area contributed by atoms with Crippen LogP contribution in [0.25, 0.3) is 0 Å². The predicted octanol–water partition coefficient (Wildman–Crippen LogP) is 2.37. The molecule has 2 aromatic rings. The number of aryl methyl sites for hydroxylation is 1. The third-order valence-electron chi connectivity index (χ3n) is 2.92. The normalized spacial score (nSPS) is 11.4. The lowest BCUT2D eigenvalue weighted by molar-refractivity contribution is 0.281. The van der Waals surface area contributed by atoms with Crippen LogP contribution in [0, 0.1) is 6.92 Å². The molecule has 5 heteroatoms. The van der Waals surface area contributed by atoms with Gasteiger partial charge in [0.1, 0.15) is 11.5 Å². The van der Waals surface area contributed by atoms with E-state index >= 15 is 0 Å². The van der Waals surface area contributed by atoms with Crippen molar-refractivity contribution in [1.29, 1.82) is 0 Å². The molecule has 0 aliphatic rings. The fourth-order valence-electron chi connectivity index (χ4n) is 1.84. The van der Waals surface area contributed by atoms with E-state index in [1.165, 1.54) is 0 Å². The summed E-state index contributed by atoms with van der Waals surface area (Å²) in [6.45, 7) is 1.86. The molecule has 2 aromatic carbocycles. The summed E-state index contributed by atoms with van der Waals surface area (Å²) < 4.78 is 5.70. The van der Waals surface area contributed by atoms with Crippen LogP contribution in [0.15, 0.2) is 47.6 Å². The first kappa shape index (κ1) is 13.9. The maximum Gasteiger partial charge on any atom is 0.170 e. The number of aliphatic hydroxyl groups excluding tert-OH is 1. The first-order valence-corrected chi connectivity index (χ1v) is 6.10. The van der Waals surface area contributed by atoms with Gasteiger partial charge in [-0.3, -0.25) is 0 Å². The molecule has 0 amide bonds. The van der Waals surface area contributed by atoms with E-state index < -0.39 is 0 Å². The summed E-state index contributed by atoms with van der Waals surface area (Å²) in [5, 5.41) is 20.6. The van der Waals surface area contributed by atoms with E-state index in [0.717, 1.165) is 11.1 Å². The number of benzene rings is 2. The number of hydrogen-bond acceptors (Lipinski definition) is 4. The van der Waals surface area contributed by atoms with E-state index in [4.69, 9.17) is 20.8 Å². The van der Waals surface area contributed by atoms with Crippen LogP contribution in [0.1, 0.15) is 16.7 Å². The Morgan fingerprint density at radius 3 is 2.35 bits per heavy atom. The Labute approximate surface area is 116 Å². The number of aliphatic hydroxyl groups is 1. The second-order valence-corrected chi connectivity index (χ2v) is 4.37. The topological polar surface area (TPSA) is 88.1 Å². The smallest absolute Gasteiger partial charge is 0.170 e. The Hall–Kier alpha value is -2.53. The summed E-state index contributed by atoms with van der Waals surface area (Å²) >= 11 is 0. The molecule has 20 heavy (non-hydrogen) atoms. The molecule has 0 radical (unpaired) electrons. The molecule has 0 fully saturated rings. The second-order valence-electron chi connectivity index (χ2n) is 4.37. The minimum Gasteiger partial charge on any atom is -0.457 e. The number of nitrogens with zero attached hydrogens (tertiary/aromatic N) is 1. The highest BCUT2D eigenvalue weighted by atomic mass is 16.5. The molecule has 0 heterocycles. The van der Waals surface area contributed by atoms with Gasteiger partial charge in [0.05, 0.1) is 6.61 Å². The molecule has 5 nitrogen and oxygen atoms in total. The van der Waals surface area contributed by atoms with Crippen molar-refractivity contribution in [2.75, 3.05) is 0 Å². The lowest BCUT2D eigenvalue weighted by atomic mass is 10.1. The van der Waals surface area contributed by atoms with Gasteiger partial charge in [-0.15, -0.1) is 0 Å². The maximum absolute atomic E-state index is 8.98. The van der Waals surface area contributed by atoms with Gasteiger partial charge in [0.15, 0.2) is 5.84 Å². The highest BCUT2D eigenvalue weighted by Gasteiger charge is 2.06. The number of amidine groups is 1. The lowest BCUT2D eigenvalue weighted by Crippen LogP contribution is -2.14. The first-order valence-electron chi connectivity index (χ1n) is 6.10. The van der Waals surface area contributed by atoms with Crippen LogP contribution < -0.4 is 10.5 Å². The average Bonchev–Trinajstić information content (AvgIpc) is 2.47. The Bertz CT molecular complexity index is 622. The molecule has 0 bridgehead atoms. The monoisotopic (exact) mass is 272 g/mol. The van der Waals surface area contributed by atoms with E-state index in [0.29, 0.717) is 17.1 Å². The number of rotatable bonds is 4. The van der Waals surface area contributed by atoms with Gasteiger partial charge in [0.2, 0.25) is 0 Å². The zero-order chi connectivity index (χ0) is 14.5. The zero-order valence-corrected chi connectivity index (χ0v) is 11.1. The van der Waals surface area contributed by atoms with Crippen molar-refractivity contribution in [2.24, 2.45) is 10.9 Å². The second kappa shape index (κ2) is 6.08. The van der Waals surface area contributed by atoms with Crippen molar-refractivity contribution in [3.8, 4) is 11.5 Å². The lowest BCUT2D eigenvalue weighted by Gasteiger charge is -2.09. The fourth-order valence-corrected chi connectivity index (χ4v) is 1.84. The molecule has 0 saturated carbocycles. The van der Waals surface area contributed by atoms with E-state index in [1.807, 2.05) is 13.0 Å². The van der Waals surface area contributed by atoms with E-state index in [9.17, 15) is 0 Å². The van der Waals surface area contributed by atoms with Gasteiger partial charge in [-0.2, -0.15) is 0 Å². The minimum absolute atomic E-state index is 0.00779. The highest BCUT2D eigenvalue weighted by molar-refractivity contribution is 5.98. The molecule has 0 saturated heterocycles. The van der Waals surface area contributed by atoms with E-state index in [2.05, 4.69) is 5.16 Å². The van der Waals surface area contributed by atoms with Crippen LogP contribution in [0.5, 0.6) is 11.5 Å². The van der Waals surface area contributed by atoms with Gasteiger partial charge in [-0.25, -0.2) is 0 Å². The van der Waals surface area contributed by atoms with Crippen molar-refractivity contribution >= 4 is 5.84 Å². The molecule has 4 N–H and O–H groups in total. The minimum atomic E-state index is 0.00779. The average molecular weight is 272 g/mol. The number of ether oxygens (including phenoxy) is 1. The highest BCUT2D eigenvalue weighted by Crippen LogP contribution is 2.24. The molecule has 2 rings (SSSR count). The van der Waals surface area contributed by atoms with Gasteiger partial charge < -0.3 is 20.8 Å². The van der Waals surface area contributed by atoms with Crippen LogP contribution in [0.2, 0.25) is 0 Å². The van der Waals surface area contributed by atoms with Crippen molar-refractivity contribution in [3.63, 3.8) is 0 Å². The Balaban J connectivity index is 2.19. The summed E-state index contributed by atoms with van der Waals surface area (Å²) in [7, 11) is 0. The van der Waals surface area contributed by atoms with Crippen LogP contribution >= 0.6 is 0 Å². The van der Waals surface area contributed by atoms with Crippen LogP contribution in [-0.4, -0.2) is 16.1 Å². The summed E-state index contributed by atoms with van der Waals surface area (Å²) in [6, 6.07) is 12.5. The van der Waals surface area contributed by atoms with Crippen molar-refractivity contribution < 1.29 is 15.1 Å². The third-order valence-corrected chi connectivity index (χ3v) is 2.92. The van der Waals surface area contributed by atoms with Gasteiger partial charge in [0.25, 0.3) is 0 Å². The summed E-state index contributed by atoms with van der Waals surface area (Å²) in [6.07, 6.45) is 0. The largest absolute Gasteiger partial charge is 0.457 e. The molecule has 0 unspecified atom stereocenters. The summed E-state index contributed by atoms with van der Waals surface area (Å²) in [5.74, 6) is 1.41. The van der Waals surface area contributed by atoms with E-state index in [-0.39, 0.29) is 12.4 Å². The van der Waals surface area contributed by atoms with Crippen molar-refractivity contribution in [1.82, 2.24) is 0 Å². The Kier molecular flexibility index (Phi) is 4.22. The Morgan fingerprint density at radius 2 is 1.80 bits per heavy atom. The van der Waals surface area contributed by atoms with Gasteiger partial charge >= 0.3 is 0 Å². The molecule has 0 atom stereocenters. The van der Waals surface area contributed by atoms with Crippen molar-refractivity contribution in [2.45, 2.75) is 13.5 Å². The van der Waals surface area contributed by atoms with Crippen LogP contribution in [-0.2, 0) is 6.61 Å². The van der Waals surface area contributed by atoms with Gasteiger partial charge in [0, 0.05) is 5.56 Å². The first-order chi connectivity index (χ1) is 9.63.